The number of allylic oxidation sites excluding steroid dienone is 1. The highest BCUT2D eigenvalue weighted by Crippen LogP contribution is 2.28. The molecule has 182 valence electrons. The van der Waals surface area contributed by atoms with Crippen LogP contribution < -0.4 is 10.3 Å². The zero-order chi connectivity index (χ0) is 24.2. The quantitative estimate of drug-likeness (QED) is 0.464. The van der Waals surface area contributed by atoms with Crippen molar-refractivity contribution in [3.63, 3.8) is 0 Å². The molecule has 7 heteroatoms. The van der Waals surface area contributed by atoms with E-state index in [-0.39, 0.29) is 12.2 Å². The molecule has 0 N–H and O–H groups in total. The van der Waals surface area contributed by atoms with Crippen LogP contribution in [0.5, 0.6) is 5.75 Å². The number of benzene rings is 1. The van der Waals surface area contributed by atoms with Crippen molar-refractivity contribution in [3.05, 3.63) is 92.6 Å². The topological polar surface area (TPSA) is 56.6 Å². The number of pyridine rings is 2. The predicted octanol–water partition coefficient (Wildman–Crippen LogP) is 5.03. The lowest BCUT2D eigenvalue weighted by atomic mass is 9.93. The van der Waals surface area contributed by atoms with Gasteiger partial charge in [0.05, 0.1) is 16.8 Å². The standard InChI is InChI=1S/C28H30ClN3O3/c1-34-26-8-11-31(12-9-26)18-20-2-3-22-15-25(7-4-21(22)14-20)32-13-10-27(16-28(32)33)35-19-24-6-5-23(29)17-30-24/h2-3,5-6,10,13-17,26H,4,7-9,11-12,18-19H2,1H3. The van der Waals surface area contributed by atoms with E-state index in [9.17, 15) is 4.79 Å². The van der Waals surface area contributed by atoms with Crippen LogP contribution in [-0.4, -0.2) is 40.8 Å². The molecule has 1 aliphatic carbocycles. The Hall–Kier alpha value is -2.93. The Morgan fingerprint density at radius 1 is 1.09 bits per heavy atom. The van der Waals surface area contributed by atoms with Crippen molar-refractivity contribution < 1.29 is 9.47 Å². The molecule has 0 amide bonds. The van der Waals surface area contributed by atoms with E-state index in [0.717, 1.165) is 56.7 Å². The van der Waals surface area contributed by atoms with Crippen LogP contribution in [-0.2, 0) is 24.3 Å². The van der Waals surface area contributed by atoms with Crippen LogP contribution >= 0.6 is 11.6 Å². The van der Waals surface area contributed by atoms with Gasteiger partial charge in [-0.05, 0) is 66.6 Å². The molecule has 0 unspecified atom stereocenters. The number of hydrogen-bond acceptors (Lipinski definition) is 5. The molecular formula is C28H30ClN3O3. The van der Waals surface area contributed by atoms with E-state index in [1.54, 1.807) is 23.0 Å². The van der Waals surface area contributed by atoms with Crippen LogP contribution in [0.25, 0.3) is 11.8 Å². The summed E-state index contributed by atoms with van der Waals surface area (Å²) in [6.07, 6.45) is 9.86. The van der Waals surface area contributed by atoms with Gasteiger partial charge in [0, 0.05) is 50.9 Å². The predicted molar refractivity (Wildman–Crippen MR) is 139 cm³/mol. The Balaban J connectivity index is 1.24. The monoisotopic (exact) mass is 491 g/mol. The van der Waals surface area contributed by atoms with E-state index in [1.165, 1.54) is 22.8 Å². The van der Waals surface area contributed by atoms with Gasteiger partial charge in [-0.25, -0.2) is 0 Å². The van der Waals surface area contributed by atoms with Crippen LogP contribution in [0.3, 0.4) is 0 Å². The van der Waals surface area contributed by atoms with Crippen LogP contribution in [0, 0.1) is 0 Å². The first-order chi connectivity index (χ1) is 17.1. The van der Waals surface area contributed by atoms with Gasteiger partial charge in [0.15, 0.2) is 0 Å². The fourth-order valence-corrected chi connectivity index (χ4v) is 4.93. The van der Waals surface area contributed by atoms with Crippen molar-refractivity contribution >= 4 is 23.4 Å². The highest BCUT2D eigenvalue weighted by atomic mass is 35.5. The molecule has 5 rings (SSSR count). The van der Waals surface area contributed by atoms with E-state index in [0.29, 0.717) is 16.9 Å². The first-order valence-electron chi connectivity index (χ1n) is 12.1. The molecule has 1 aromatic carbocycles. The zero-order valence-electron chi connectivity index (χ0n) is 20.0. The molecule has 0 bridgehead atoms. The Kier molecular flexibility index (Phi) is 7.32. The summed E-state index contributed by atoms with van der Waals surface area (Å²) in [5, 5.41) is 0.581. The maximum absolute atomic E-state index is 12.8. The van der Waals surface area contributed by atoms with Gasteiger partial charge < -0.3 is 9.47 Å². The minimum absolute atomic E-state index is 0.0997. The fourth-order valence-electron chi connectivity index (χ4n) is 4.82. The van der Waals surface area contributed by atoms with Gasteiger partial charge in [0.2, 0.25) is 0 Å². The third-order valence-electron chi connectivity index (χ3n) is 6.83. The number of rotatable bonds is 7. The summed E-state index contributed by atoms with van der Waals surface area (Å²) in [6.45, 7) is 3.42. The van der Waals surface area contributed by atoms with Crippen LogP contribution in [0.4, 0.5) is 0 Å². The van der Waals surface area contributed by atoms with Gasteiger partial charge in [-0.2, -0.15) is 0 Å². The van der Waals surface area contributed by atoms with Gasteiger partial charge in [0.25, 0.3) is 5.56 Å². The molecule has 0 spiro atoms. The summed E-state index contributed by atoms with van der Waals surface area (Å²) in [5.41, 5.74) is 5.55. The van der Waals surface area contributed by atoms with Crippen LogP contribution in [0.1, 0.15) is 41.6 Å². The molecule has 6 nitrogen and oxygen atoms in total. The maximum Gasteiger partial charge on any atom is 0.258 e. The molecule has 1 aliphatic heterocycles. The van der Waals surface area contributed by atoms with Crippen LogP contribution in [0.15, 0.2) is 59.7 Å². The van der Waals surface area contributed by atoms with E-state index >= 15 is 0 Å². The molecule has 1 fully saturated rings. The van der Waals surface area contributed by atoms with E-state index in [1.807, 2.05) is 19.2 Å². The average Bonchev–Trinajstić information content (AvgIpc) is 2.88. The normalized spacial score (nSPS) is 16.6. The average molecular weight is 492 g/mol. The number of likely N-dealkylation sites (tertiary alicyclic amines) is 1. The van der Waals surface area contributed by atoms with Crippen molar-refractivity contribution in [2.24, 2.45) is 0 Å². The van der Waals surface area contributed by atoms with E-state index in [4.69, 9.17) is 21.1 Å². The molecule has 3 heterocycles. The maximum atomic E-state index is 12.8. The third kappa shape index (κ3) is 5.84. The van der Waals surface area contributed by atoms with E-state index < -0.39 is 0 Å². The van der Waals surface area contributed by atoms with Crippen molar-refractivity contribution in [2.45, 2.75) is 44.9 Å². The number of nitrogens with zero attached hydrogens (tertiary/aromatic N) is 3. The van der Waals surface area contributed by atoms with Gasteiger partial charge in [-0.15, -0.1) is 0 Å². The lowest BCUT2D eigenvalue weighted by Gasteiger charge is -2.31. The molecular weight excluding hydrogens is 462 g/mol. The van der Waals surface area contributed by atoms with Crippen molar-refractivity contribution in [3.8, 4) is 5.75 Å². The first-order valence-corrected chi connectivity index (χ1v) is 12.5. The summed E-state index contributed by atoms with van der Waals surface area (Å²) in [6, 6.07) is 13.7. The lowest BCUT2D eigenvalue weighted by Crippen LogP contribution is -2.36. The van der Waals surface area contributed by atoms with Crippen LogP contribution in [0.2, 0.25) is 5.02 Å². The Morgan fingerprint density at radius 2 is 1.94 bits per heavy atom. The van der Waals surface area contributed by atoms with Crippen molar-refractivity contribution in [1.82, 2.24) is 14.5 Å². The molecule has 35 heavy (non-hydrogen) atoms. The lowest BCUT2D eigenvalue weighted by molar-refractivity contribution is 0.0388. The minimum atomic E-state index is -0.0997. The fraction of sp³-hybridized carbons (Fsp3) is 0.357. The molecule has 2 aliphatic rings. The molecule has 0 atom stereocenters. The summed E-state index contributed by atoms with van der Waals surface area (Å²) >= 11 is 5.87. The highest BCUT2D eigenvalue weighted by Gasteiger charge is 2.19. The molecule has 3 aromatic rings. The molecule has 1 saturated heterocycles. The second kappa shape index (κ2) is 10.8. The SMILES string of the molecule is COC1CCN(Cc2ccc3c(c2)CCC(n2ccc(OCc4ccc(Cl)cn4)cc2=O)=C3)CC1. The Morgan fingerprint density at radius 3 is 2.69 bits per heavy atom. The highest BCUT2D eigenvalue weighted by molar-refractivity contribution is 6.30. The number of halogens is 1. The summed E-state index contributed by atoms with van der Waals surface area (Å²) in [4.78, 5) is 19.5. The molecule has 2 aromatic heterocycles. The number of ether oxygens (including phenoxy) is 2. The minimum Gasteiger partial charge on any atom is -0.487 e. The number of aromatic nitrogens is 2. The van der Waals surface area contributed by atoms with Gasteiger partial charge >= 0.3 is 0 Å². The summed E-state index contributed by atoms with van der Waals surface area (Å²) in [7, 11) is 1.81. The Labute approximate surface area is 210 Å². The zero-order valence-corrected chi connectivity index (χ0v) is 20.7. The second-order valence-electron chi connectivity index (χ2n) is 9.21. The number of aryl methyl sites for hydroxylation is 1. The Bertz CT molecular complexity index is 1260. The molecule has 0 saturated carbocycles. The summed E-state index contributed by atoms with van der Waals surface area (Å²) in [5.74, 6) is 0.527. The third-order valence-corrected chi connectivity index (χ3v) is 7.05. The number of methoxy groups -OCH3 is 1. The number of fused-ring (bicyclic) bond motifs is 1. The second-order valence-corrected chi connectivity index (χ2v) is 9.64. The van der Waals surface area contributed by atoms with Crippen molar-refractivity contribution in [1.29, 1.82) is 0 Å². The van der Waals surface area contributed by atoms with Gasteiger partial charge in [0.1, 0.15) is 12.4 Å². The summed E-state index contributed by atoms with van der Waals surface area (Å²) < 4.78 is 13.0. The largest absolute Gasteiger partial charge is 0.487 e. The number of hydrogen-bond donors (Lipinski definition) is 0. The van der Waals surface area contributed by atoms with Gasteiger partial charge in [-0.1, -0.05) is 29.8 Å². The smallest absolute Gasteiger partial charge is 0.258 e. The van der Waals surface area contributed by atoms with E-state index in [2.05, 4.69) is 34.2 Å². The van der Waals surface area contributed by atoms with Gasteiger partial charge in [-0.3, -0.25) is 19.2 Å². The number of piperidine rings is 1. The first kappa shape index (κ1) is 23.8. The molecule has 0 radical (unpaired) electrons. The van der Waals surface area contributed by atoms with Crippen molar-refractivity contribution in [2.75, 3.05) is 20.2 Å².